The lowest BCUT2D eigenvalue weighted by Gasteiger charge is -2.18. The summed E-state index contributed by atoms with van der Waals surface area (Å²) in [5, 5.41) is 10.1. The number of furan rings is 3. The highest BCUT2D eigenvalue weighted by molar-refractivity contribution is 6.25. The van der Waals surface area contributed by atoms with Gasteiger partial charge in [0.05, 0.1) is 0 Å². The smallest absolute Gasteiger partial charge is 0.178 e. The van der Waals surface area contributed by atoms with Gasteiger partial charge in [-0.1, -0.05) is 152 Å². The van der Waals surface area contributed by atoms with Gasteiger partial charge in [-0.2, -0.15) is 0 Å². The van der Waals surface area contributed by atoms with Gasteiger partial charge in [-0.15, -0.1) is 0 Å². The molecule has 0 saturated heterocycles. The average molecular weight is 703 g/mol. The van der Waals surface area contributed by atoms with Gasteiger partial charge in [0.1, 0.15) is 22.5 Å². The van der Waals surface area contributed by atoms with Crippen LogP contribution in [0.15, 0.2) is 195 Å². The second-order valence-electron chi connectivity index (χ2n) is 14.3. The minimum absolute atomic E-state index is 0.757. The standard InChI is InChI=1S/C52H30O3/c1-3-14-31(15-4-1)47-42-28-27-40-43-30-33(26-29-45(43)54-51(40)52(42)55-49(47)32-16-5-2-6-17-32)46-35-19-7-9-21-37(35)48(38-22-10-8-20-36(38)46)41-24-13-23-39-34-18-11-12-25-44(34)53-50(39)41/h1-30H. The van der Waals surface area contributed by atoms with Crippen molar-refractivity contribution in [2.24, 2.45) is 0 Å². The van der Waals surface area contributed by atoms with E-state index in [1.165, 1.54) is 32.7 Å². The summed E-state index contributed by atoms with van der Waals surface area (Å²) in [6.07, 6.45) is 0. The maximum absolute atomic E-state index is 6.82. The zero-order valence-electron chi connectivity index (χ0n) is 29.5. The molecule has 0 aliphatic heterocycles. The van der Waals surface area contributed by atoms with Crippen molar-refractivity contribution in [2.45, 2.75) is 0 Å². The van der Waals surface area contributed by atoms with Gasteiger partial charge in [0.15, 0.2) is 11.2 Å². The Labute approximate surface area is 315 Å². The number of hydrogen-bond donors (Lipinski definition) is 0. The number of para-hydroxylation sites is 2. The summed E-state index contributed by atoms with van der Waals surface area (Å²) in [6, 6.07) is 64.1. The molecular formula is C52H30O3. The van der Waals surface area contributed by atoms with Crippen LogP contribution >= 0.6 is 0 Å². The molecule has 0 spiro atoms. The van der Waals surface area contributed by atoms with Crippen LogP contribution in [0.3, 0.4) is 0 Å². The van der Waals surface area contributed by atoms with Crippen molar-refractivity contribution < 1.29 is 13.3 Å². The predicted molar refractivity (Wildman–Crippen MR) is 228 cm³/mol. The molecule has 0 unspecified atom stereocenters. The second-order valence-corrected chi connectivity index (χ2v) is 14.3. The topological polar surface area (TPSA) is 39.4 Å². The molecule has 3 aromatic heterocycles. The molecule has 0 saturated carbocycles. The van der Waals surface area contributed by atoms with E-state index in [1.54, 1.807) is 0 Å². The highest BCUT2D eigenvalue weighted by atomic mass is 16.4. The van der Waals surface area contributed by atoms with Crippen LogP contribution in [-0.4, -0.2) is 0 Å². The molecule has 0 fully saturated rings. The van der Waals surface area contributed by atoms with Crippen LogP contribution < -0.4 is 0 Å². The van der Waals surface area contributed by atoms with E-state index in [9.17, 15) is 0 Å². The van der Waals surface area contributed by atoms with Gasteiger partial charge < -0.3 is 13.3 Å². The monoisotopic (exact) mass is 702 g/mol. The number of rotatable bonds is 4. The molecule has 0 aliphatic rings. The highest BCUT2D eigenvalue weighted by Crippen LogP contribution is 2.49. The molecule has 55 heavy (non-hydrogen) atoms. The van der Waals surface area contributed by atoms with Gasteiger partial charge >= 0.3 is 0 Å². The van der Waals surface area contributed by atoms with Crippen LogP contribution in [0.25, 0.3) is 121 Å². The Bertz CT molecular complexity index is 3420. The van der Waals surface area contributed by atoms with Crippen LogP contribution in [0.1, 0.15) is 0 Å². The summed E-state index contributed by atoms with van der Waals surface area (Å²) < 4.78 is 20.1. The first-order valence-corrected chi connectivity index (χ1v) is 18.7. The molecule has 256 valence electrons. The molecule has 3 heteroatoms. The molecule has 3 nitrogen and oxygen atoms in total. The molecule has 3 heterocycles. The summed E-state index contributed by atoms with van der Waals surface area (Å²) in [7, 11) is 0. The Morgan fingerprint density at radius 3 is 1.51 bits per heavy atom. The van der Waals surface area contributed by atoms with E-state index < -0.39 is 0 Å². The molecule has 0 amide bonds. The Kier molecular flexibility index (Phi) is 6.34. The summed E-state index contributed by atoms with van der Waals surface area (Å²) >= 11 is 0. The molecule has 0 N–H and O–H groups in total. The van der Waals surface area contributed by atoms with Gasteiger partial charge in [-0.3, -0.25) is 0 Å². The highest BCUT2D eigenvalue weighted by Gasteiger charge is 2.24. The predicted octanol–water partition coefficient (Wildman–Crippen LogP) is 15.2. The van der Waals surface area contributed by atoms with Crippen molar-refractivity contribution in [3.05, 3.63) is 182 Å². The van der Waals surface area contributed by atoms with Crippen molar-refractivity contribution >= 4 is 76.4 Å². The lowest BCUT2D eigenvalue weighted by molar-refractivity contribution is 0.612. The Morgan fingerprint density at radius 2 is 0.782 bits per heavy atom. The van der Waals surface area contributed by atoms with Gasteiger partial charge in [0.25, 0.3) is 0 Å². The average Bonchev–Trinajstić information content (AvgIpc) is 3.95. The van der Waals surface area contributed by atoms with Crippen molar-refractivity contribution in [1.29, 1.82) is 0 Å². The van der Waals surface area contributed by atoms with Crippen molar-refractivity contribution in [3.8, 4) is 44.7 Å². The van der Waals surface area contributed by atoms with Gasteiger partial charge in [-0.25, -0.2) is 0 Å². The van der Waals surface area contributed by atoms with Crippen molar-refractivity contribution in [1.82, 2.24) is 0 Å². The Hall–Kier alpha value is -7.36. The zero-order valence-corrected chi connectivity index (χ0v) is 29.5. The first-order valence-electron chi connectivity index (χ1n) is 18.7. The van der Waals surface area contributed by atoms with E-state index in [0.717, 1.165) is 88.4 Å². The first kappa shape index (κ1) is 30.1. The summed E-state index contributed by atoms with van der Waals surface area (Å²) in [5.74, 6) is 0.840. The third kappa shape index (κ3) is 4.38. The Morgan fingerprint density at radius 1 is 0.255 bits per heavy atom. The van der Waals surface area contributed by atoms with E-state index in [-0.39, 0.29) is 0 Å². The van der Waals surface area contributed by atoms with Crippen LogP contribution in [-0.2, 0) is 0 Å². The summed E-state index contributed by atoms with van der Waals surface area (Å²) in [4.78, 5) is 0. The third-order valence-corrected chi connectivity index (χ3v) is 11.3. The fourth-order valence-electron chi connectivity index (χ4n) is 8.90. The fraction of sp³-hybridized carbons (Fsp3) is 0. The van der Waals surface area contributed by atoms with Crippen LogP contribution in [0.5, 0.6) is 0 Å². The molecule has 9 aromatic carbocycles. The lowest BCUT2D eigenvalue weighted by atomic mass is 9.85. The molecule has 0 bridgehead atoms. The fourth-order valence-corrected chi connectivity index (χ4v) is 8.90. The van der Waals surface area contributed by atoms with Crippen LogP contribution in [0, 0.1) is 0 Å². The van der Waals surface area contributed by atoms with E-state index in [1.807, 2.05) is 18.2 Å². The normalized spacial score (nSPS) is 12.0. The van der Waals surface area contributed by atoms with Crippen molar-refractivity contribution in [2.75, 3.05) is 0 Å². The molecule has 0 radical (unpaired) electrons. The van der Waals surface area contributed by atoms with Crippen LogP contribution in [0.4, 0.5) is 0 Å². The molecule has 0 atom stereocenters. The SMILES string of the molecule is c1ccc(-c2oc3c(ccc4c5cc(-c6c7ccccc7c(-c7cccc8c7oc7ccccc78)c7ccccc67)ccc5oc43)c2-c2ccccc2)cc1. The van der Waals surface area contributed by atoms with Crippen molar-refractivity contribution in [3.63, 3.8) is 0 Å². The van der Waals surface area contributed by atoms with E-state index in [2.05, 4.69) is 164 Å². The number of hydrogen-bond acceptors (Lipinski definition) is 3. The van der Waals surface area contributed by atoms with Crippen LogP contribution in [0.2, 0.25) is 0 Å². The van der Waals surface area contributed by atoms with E-state index >= 15 is 0 Å². The Balaban J connectivity index is 1.11. The number of benzene rings is 9. The van der Waals surface area contributed by atoms with Gasteiger partial charge in [0.2, 0.25) is 0 Å². The second kappa shape index (κ2) is 11.6. The third-order valence-electron chi connectivity index (χ3n) is 11.3. The maximum atomic E-state index is 6.82. The minimum Gasteiger partial charge on any atom is -0.455 e. The maximum Gasteiger partial charge on any atom is 0.178 e. The summed E-state index contributed by atoms with van der Waals surface area (Å²) in [5.41, 5.74) is 12.0. The zero-order chi connectivity index (χ0) is 36.0. The molecule has 12 aromatic rings. The molecule has 0 aliphatic carbocycles. The van der Waals surface area contributed by atoms with E-state index in [0.29, 0.717) is 0 Å². The minimum atomic E-state index is 0.757. The summed E-state index contributed by atoms with van der Waals surface area (Å²) in [6.45, 7) is 0. The largest absolute Gasteiger partial charge is 0.455 e. The number of fused-ring (bicyclic) bond motifs is 10. The molecular weight excluding hydrogens is 673 g/mol. The lowest BCUT2D eigenvalue weighted by Crippen LogP contribution is -1.91. The molecule has 12 rings (SSSR count). The van der Waals surface area contributed by atoms with E-state index in [4.69, 9.17) is 13.3 Å². The first-order chi connectivity index (χ1) is 27.3. The van der Waals surface area contributed by atoms with Gasteiger partial charge in [0, 0.05) is 49.2 Å². The quantitative estimate of drug-likeness (QED) is 0.171. The van der Waals surface area contributed by atoms with Gasteiger partial charge in [-0.05, 0) is 68.6 Å².